The molecule has 1 saturated heterocycles. The van der Waals surface area contributed by atoms with Gasteiger partial charge >= 0.3 is 11.9 Å². The molecule has 0 N–H and O–H groups in total. The Morgan fingerprint density at radius 1 is 1.16 bits per heavy atom. The van der Waals surface area contributed by atoms with E-state index in [1.807, 2.05) is 19.9 Å². The summed E-state index contributed by atoms with van der Waals surface area (Å²) in [5, 5.41) is 4.30. The minimum atomic E-state index is -0.597. The van der Waals surface area contributed by atoms with Gasteiger partial charge in [0.2, 0.25) is 0 Å². The van der Waals surface area contributed by atoms with E-state index in [9.17, 15) is 14.4 Å². The monoisotopic (exact) mass is 428 g/mol. The predicted molar refractivity (Wildman–Crippen MR) is 112 cm³/mol. The van der Waals surface area contributed by atoms with Gasteiger partial charge in [-0.25, -0.2) is 14.5 Å². The predicted octanol–water partition coefficient (Wildman–Crippen LogP) is 2.35. The van der Waals surface area contributed by atoms with Crippen LogP contribution in [0.25, 0.3) is 5.82 Å². The highest BCUT2D eigenvalue weighted by Crippen LogP contribution is 2.23. The van der Waals surface area contributed by atoms with Crippen LogP contribution in [0.2, 0.25) is 0 Å². The second-order valence-electron chi connectivity index (χ2n) is 7.68. The zero-order chi connectivity index (χ0) is 22.4. The van der Waals surface area contributed by atoms with Crippen LogP contribution in [-0.4, -0.2) is 63.8 Å². The van der Waals surface area contributed by atoms with Gasteiger partial charge in [-0.1, -0.05) is 19.9 Å². The molecule has 1 amide bonds. The molecule has 0 atom stereocenters. The number of carbonyl (C=O) groups is 3. The van der Waals surface area contributed by atoms with Gasteiger partial charge in [-0.2, -0.15) is 5.10 Å². The summed E-state index contributed by atoms with van der Waals surface area (Å²) in [6, 6.07) is 5.45. The quantitative estimate of drug-likeness (QED) is 0.624. The summed E-state index contributed by atoms with van der Waals surface area (Å²) in [4.78, 5) is 42.9. The standard InChI is InChI=1S/C22H28N4O5/c1-4-30-21(28)16-8-11-25(12-9-16)19(27)14-31-22(29)17-13-24-26(20(17)15(2)3)18-7-5-6-10-23-18/h5-7,10,13,15-16H,4,8-9,11-12,14H2,1-3H3. The average Bonchev–Trinajstić information content (AvgIpc) is 3.24. The fraction of sp³-hybridized carbons (Fsp3) is 0.500. The molecule has 0 saturated carbocycles. The average molecular weight is 428 g/mol. The zero-order valence-corrected chi connectivity index (χ0v) is 18.1. The Morgan fingerprint density at radius 3 is 2.52 bits per heavy atom. The maximum atomic E-state index is 12.7. The third-order valence-electron chi connectivity index (χ3n) is 5.23. The molecule has 0 unspecified atom stereocenters. The number of likely N-dealkylation sites (tertiary alicyclic amines) is 1. The molecular weight excluding hydrogens is 400 g/mol. The third kappa shape index (κ3) is 5.28. The molecule has 166 valence electrons. The minimum Gasteiger partial charge on any atom is -0.466 e. The second kappa shape index (κ2) is 10.2. The van der Waals surface area contributed by atoms with E-state index in [-0.39, 0.29) is 30.3 Å². The summed E-state index contributed by atoms with van der Waals surface area (Å²) in [6.45, 7) is 6.55. The molecule has 0 spiro atoms. The van der Waals surface area contributed by atoms with E-state index >= 15 is 0 Å². The van der Waals surface area contributed by atoms with Gasteiger partial charge in [-0.15, -0.1) is 0 Å². The van der Waals surface area contributed by atoms with Crippen LogP contribution in [0.1, 0.15) is 55.6 Å². The number of piperidine rings is 1. The molecule has 2 aromatic rings. The lowest BCUT2D eigenvalue weighted by Gasteiger charge is -2.30. The molecular formula is C22H28N4O5. The van der Waals surface area contributed by atoms with Crippen molar-refractivity contribution in [1.82, 2.24) is 19.7 Å². The summed E-state index contributed by atoms with van der Waals surface area (Å²) in [6.07, 6.45) is 4.20. The van der Waals surface area contributed by atoms with E-state index < -0.39 is 5.97 Å². The normalized spacial score (nSPS) is 14.5. The fourth-order valence-corrected chi connectivity index (χ4v) is 3.65. The maximum Gasteiger partial charge on any atom is 0.342 e. The van der Waals surface area contributed by atoms with Crippen molar-refractivity contribution in [2.75, 3.05) is 26.3 Å². The fourth-order valence-electron chi connectivity index (χ4n) is 3.65. The number of esters is 2. The molecule has 0 aliphatic carbocycles. The number of carbonyl (C=O) groups excluding carboxylic acids is 3. The molecule has 9 heteroatoms. The van der Waals surface area contributed by atoms with E-state index in [1.165, 1.54) is 6.20 Å². The zero-order valence-electron chi connectivity index (χ0n) is 18.1. The van der Waals surface area contributed by atoms with Crippen LogP contribution in [0.15, 0.2) is 30.6 Å². The number of hydrogen-bond donors (Lipinski definition) is 0. The lowest BCUT2D eigenvalue weighted by atomic mass is 9.97. The lowest BCUT2D eigenvalue weighted by Crippen LogP contribution is -2.42. The summed E-state index contributed by atoms with van der Waals surface area (Å²) < 4.78 is 12.0. The van der Waals surface area contributed by atoms with Crippen LogP contribution in [0.5, 0.6) is 0 Å². The molecule has 1 fully saturated rings. The molecule has 3 rings (SSSR count). The summed E-state index contributed by atoms with van der Waals surface area (Å²) in [5.41, 5.74) is 0.987. The van der Waals surface area contributed by atoms with Crippen LogP contribution < -0.4 is 0 Å². The van der Waals surface area contributed by atoms with Crippen LogP contribution in [0.3, 0.4) is 0 Å². The van der Waals surface area contributed by atoms with Gasteiger partial charge in [0.05, 0.1) is 24.4 Å². The van der Waals surface area contributed by atoms with Crippen LogP contribution in [0.4, 0.5) is 0 Å². The molecule has 1 aliphatic heterocycles. The van der Waals surface area contributed by atoms with Crippen molar-refractivity contribution >= 4 is 17.8 Å². The van der Waals surface area contributed by atoms with Gasteiger partial charge in [-0.05, 0) is 37.8 Å². The summed E-state index contributed by atoms with van der Waals surface area (Å²) in [5.74, 6) is -0.681. The van der Waals surface area contributed by atoms with E-state index in [0.717, 1.165) is 0 Å². The number of aromatic nitrogens is 3. The van der Waals surface area contributed by atoms with Crippen LogP contribution in [-0.2, 0) is 19.1 Å². The first-order chi connectivity index (χ1) is 14.9. The van der Waals surface area contributed by atoms with E-state index in [4.69, 9.17) is 9.47 Å². The number of rotatable bonds is 7. The minimum absolute atomic E-state index is 0.00957. The molecule has 0 radical (unpaired) electrons. The highest BCUT2D eigenvalue weighted by molar-refractivity contribution is 5.92. The van der Waals surface area contributed by atoms with Gasteiger partial charge in [0.15, 0.2) is 12.4 Å². The van der Waals surface area contributed by atoms with Crippen molar-refractivity contribution in [3.63, 3.8) is 0 Å². The molecule has 9 nitrogen and oxygen atoms in total. The molecule has 2 aromatic heterocycles. The third-order valence-corrected chi connectivity index (χ3v) is 5.23. The molecule has 31 heavy (non-hydrogen) atoms. The number of pyridine rings is 1. The first kappa shape index (κ1) is 22.5. The largest absolute Gasteiger partial charge is 0.466 e. The van der Waals surface area contributed by atoms with Gasteiger partial charge in [0, 0.05) is 19.3 Å². The van der Waals surface area contributed by atoms with Gasteiger partial charge in [0.1, 0.15) is 5.56 Å². The van der Waals surface area contributed by atoms with E-state index in [1.54, 1.807) is 34.8 Å². The van der Waals surface area contributed by atoms with Crippen molar-refractivity contribution in [3.8, 4) is 5.82 Å². The number of hydrogen-bond acceptors (Lipinski definition) is 7. The number of ether oxygens (including phenoxy) is 2. The Bertz CT molecular complexity index is 917. The molecule has 1 aliphatic rings. The molecule has 0 bridgehead atoms. The number of nitrogens with zero attached hydrogens (tertiary/aromatic N) is 4. The Labute approximate surface area is 181 Å². The van der Waals surface area contributed by atoms with Crippen molar-refractivity contribution in [1.29, 1.82) is 0 Å². The van der Waals surface area contributed by atoms with E-state index in [0.29, 0.717) is 49.6 Å². The highest BCUT2D eigenvalue weighted by atomic mass is 16.5. The molecule has 3 heterocycles. The van der Waals surface area contributed by atoms with Crippen LogP contribution in [0, 0.1) is 5.92 Å². The van der Waals surface area contributed by atoms with E-state index in [2.05, 4.69) is 10.1 Å². The highest BCUT2D eigenvalue weighted by Gasteiger charge is 2.29. The second-order valence-corrected chi connectivity index (χ2v) is 7.68. The maximum absolute atomic E-state index is 12.7. The molecule has 0 aromatic carbocycles. The SMILES string of the molecule is CCOC(=O)C1CCN(C(=O)COC(=O)c2cnn(-c3ccccn3)c2C(C)C)CC1. The van der Waals surface area contributed by atoms with Crippen molar-refractivity contribution < 1.29 is 23.9 Å². The first-order valence-electron chi connectivity index (χ1n) is 10.5. The van der Waals surface area contributed by atoms with Gasteiger partial charge < -0.3 is 14.4 Å². The summed E-state index contributed by atoms with van der Waals surface area (Å²) in [7, 11) is 0. The Balaban J connectivity index is 1.59. The Morgan fingerprint density at radius 2 is 1.90 bits per heavy atom. The van der Waals surface area contributed by atoms with Gasteiger partial charge in [-0.3, -0.25) is 9.59 Å². The topological polar surface area (TPSA) is 104 Å². The first-order valence-corrected chi connectivity index (χ1v) is 10.5. The van der Waals surface area contributed by atoms with Crippen molar-refractivity contribution in [3.05, 3.63) is 41.9 Å². The van der Waals surface area contributed by atoms with Crippen molar-refractivity contribution in [2.24, 2.45) is 5.92 Å². The lowest BCUT2D eigenvalue weighted by molar-refractivity contribution is -0.151. The van der Waals surface area contributed by atoms with Crippen LogP contribution >= 0.6 is 0 Å². The number of amides is 1. The Hall–Kier alpha value is -3.23. The Kier molecular flexibility index (Phi) is 7.38. The van der Waals surface area contributed by atoms with Gasteiger partial charge in [0.25, 0.3) is 5.91 Å². The van der Waals surface area contributed by atoms with Crippen molar-refractivity contribution in [2.45, 2.75) is 39.5 Å². The smallest absolute Gasteiger partial charge is 0.342 e. The summed E-state index contributed by atoms with van der Waals surface area (Å²) >= 11 is 0.